The van der Waals surface area contributed by atoms with Gasteiger partial charge < -0.3 is 25.2 Å². The summed E-state index contributed by atoms with van der Waals surface area (Å²) in [5.41, 5.74) is 0. The molecule has 2 rings (SSSR count). The van der Waals surface area contributed by atoms with Crippen LogP contribution in [0.25, 0.3) is 0 Å². The number of carbonyl (C=O) groups is 1. The Morgan fingerprint density at radius 2 is 2.30 bits per heavy atom. The molecule has 1 aliphatic heterocycles. The van der Waals surface area contributed by atoms with E-state index in [2.05, 4.69) is 25.5 Å². The van der Waals surface area contributed by atoms with Gasteiger partial charge in [-0.3, -0.25) is 0 Å². The van der Waals surface area contributed by atoms with Crippen LogP contribution in [0.5, 0.6) is 0 Å². The van der Waals surface area contributed by atoms with E-state index < -0.39 is 0 Å². The number of nitrogens with zero attached hydrogens (tertiary/aromatic N) is 4. The average Bonchev–Trinajstić information content (AvgIpc) is 2.55. The van der Waals surface area contributed by atoms with Gasteiger partial charge in [0.05, 0.1) is 6.61 Å². The normalized spacial score (nSPS) is 17.7. The summed E-state index contributed by atoms with van der Waals surface area (Å²) in [7, 11) is 5.52. The number of urea groups is 1. The molecule has 0 bridgehead atoms. The molecule has 0 spiro atoms. The van der Waals surface area contributed by atoms with E-state index in [0.717, 1.165) is 37.6 Å². The quantitative estimate of drug-likeness (QED) is 0.740. The zero-order valence-electron chi connectivity index (χ0n) is 14.1. The third kappa shape index (κ3) is 5.24. The van der Waals surface area contributed by atoms with E-state index in [1.807, 2.05) is 25.1 Å². The molecule has 23 heavy (non-hydrogen) atoms. The van der Waals surface area contributed by atoms with E-state index in [0.29, 0.717) is 13.2 Å². The molecule has 2 amide bonds. The molecule has 1 aromatic heterocycles. The van der Waals surface area contributed by atoms with Crippen molar-refractivity contribution in [2.45, 2.75) is 18.9 Å². The first-order valence-corrected chi connectivity index (χ1v) is 7.87. The Balaban J connectivity index is 1.90. The lowest BCUT2D eigenvalue weighted by Gasteiger charge is -2.34. The lowest BCUT2D eigenvalue weighted by molar-refractivity contribution is 0.194. The Hall–Kier alpha value is -2.09. The lowest BCUT2D eigenvalue weighted by Crippen LogP contribution is -2.51. The number of nitrogens with one attached hydrogen (secondary N) is 2. The van der Waals surface area contributed by atoms with E-state index in [4.69, 9.17) is 4.74 Å². The number of aromatic nitrogens is 2. The topological polar surface area (TPSA) is 82.6 Å². The summed E-state index contributed by atoms with van der Waals surface area (Å²) in [5, 5.41) is 5.80. The molecule has 1 saturated heterocycles. The van der Waals surface area contributed by atoms with Gasteiger partial charge in [-0.05, 0) is 12.8 Å². The molecule has 0 aliphatic carbocycles. The Labute approximate surface area is 137 Å². The number of ether oxygens (including phenoxy) is 1. The molecule has 1 atom stereocenters. The highest BCUT2D eigenvalue weighted by molar-refractivity contribution is 5.74. The number of carbonyl (C=O) groups excluding carboxylic acids is 1. The summed E-state index contributed by atoms with van der Waals surface area (Å²) in [4.78, 5) is 24.6. The van der Waals surface area contributed by atoms with Gasteiger partial charge in [0.25, 0.3) is 0 Å². The summed E-state index contributed by atoms with van der Waals surface area (Å²) in [5.74, 6) is 1.78. The first-order valence-electron chi connectivity index (χ1n) is 7.87. The third-order valence-electron chi connectivity index (χ3n) is 3.77. The number of amides is 2. The van der Waals surface area contributed by atoms with Crippen LogP contribution in [0.15, 0.2) is 12.4 Å². The fourth-order valence-electron chi connectivity index (χ4n) is 2.56. The Kier molecular flexibility index (Phi) is 6.40. The standard InChI is InChI=1S/C15H26N6O2/c1-20(2)13-9-14(18-11-17-13)21-7-4-5-12(10-21)19-15(22)16-6-8-23-3/h9,11-12H,4-8,10H2,1-3H3,(H2,16,19,22)/t12-/m0/s1. The second kappa shape index (κ2) is 8.52. The Morgan fingerprint density at radius 1 is 1.48 bits per heavy atom. The fraction of sp³-hybridized carbons (Fsp3) is 0.667. The number of methoxy groups -OCH3 is 1. The highest BCUT2D eigenvalue weighted by atomic mass is 16.5. The van der Waals surface area contributed by atoms with Crippen LogP contribution in [-0.4, -0.2) is 69.5 Å². The smallest absolute Gasteiger partial charge is 0.315 e. The predicted octanol–water partition coefficient (Wildman–Crippen LogP) is 0.457. The zero-order valence-corrected chi connectivity index (χ0v) is 14.1. The van der Waals surface area contributed by atoms with Crippen LogP contribution in [0.4, 0.5) is 16.4 Å². The van der Waals surface area contributed by atoms with Gasteiger partial charge in [-0.2, -0.15) is 0 Å². The van der Waals surface area contributed by atoms with Crippen molar-refractivity contribution >= 4 is 17.7 Å². The van der Waals surface area contributed by atoms with Crippen molar-refractivity contribution in [3.63, 3.8) is 0 Å². The molecular formula is C15H26N6O2. The molecule has 0 aromatic carbocycles. The van der Waals surface area contributed by atoms with Gasteiger partial charge in [0.1, 0.15) is 18.0 Å². The minimum atomic E-state index is -0.148. The van der Waals surface area contributed by atoms with Crippen molar-refractivity contribution in [3.8, 4) is 0 Å². The molecule has 1 fully saturated rings. The molecule has 0 saturated carbocycles. The van der Waals surface area contributed by atoms with E-state index in [1.54, 1.807) is 13.4 Å². The second-order valence-electron chi connectivity index (χ2n) is 5.81. The largest absolute Gasteiger partial charge is 0.383 e. The highest BCUT2D eigenvalue weighted by Crippen LogP contribution is 2.20. The molecule has 8 heteroatoms. The number of rotatable bonds is 6. The fourth-order valence-corrected chi connectivity index (χ4v) is 2.56. The summed E-state index contributed by atoms with van der Waals surface area (Å²) < 4.78 is 4.92. The predicted molar refractivity (Wildman–Crippen MR) is 90.0 cm³/mol. The minimum absolute atomic E-state index is 0.115. The van der Waals surface area contributed by atoms with Crippen molar-refractivity contribution in [1.29, 1.82) is 0 Å². The summed E-state index contributed by atoms with van der Waals surface area (Å²) >= 11 is 0. The monoisotopic (exact) mass is 322 g/mol. The van der Waals surface area contributed by atoms with Crippen molar-refractivity contribution in [2.75, 3.05) is 57.2 Å². The number of hydrogen-bond acceptors (Lipinski definition) is 6. The maximum atomic E-state index is 11.8. The molecule has 0 unspecified atom stereocenters. The molecule has 0 radical (unpaired) electrons. The van der Waals surface area contributed by atoms with Crippen LogP contribution in [0.3, 0.4) is 0 Å². The van der Waals surface area contributed by atoms with Crippen molar-refractivity contribution in [2.24, 2.45) is 0 Å². The number of hydrogen-bond donors (Lipinski definition) is 2. The van der Waals surface area contributed by atoms with Gasteiger partial charge >= 0.3 is 6.03 Å². The van der Waals surface area contributed by atoms with Crippen LogP contribution in [0, 0.1) is 0 Å². The maximum absolute atomic E-state index is 11.8. The number of anilines is 2. The van der Waals surface area contributed by atoms with Crippen molar-refractivity contribution in [1.82, 2.24) is 20.6 Å². The van der Waals surface area contributed by atoms with Gasteiger partial charge in [0.15, 0.2) is 0 Å². The minimum Gasteiger partial charge on any atom is -0.383 e. The Morgan fingerprint density at radius 3 is 3.04 bits per heavy atom. The summed E-state index contributed by atoms with van der Waals surface area (Å²) in [6, 6.07) is 1.94. The van der Waals surface area contributed by atoms with E-state index in [9.17, 15) is 4.79 Å². The molecule has 128 valence electrons. The first-order chi connectivity index (χ1) is 11.1. The van der Waals surface area contributed by atoms with Gasteiger partial charge in [0, 0.05) is 52.9 Å². The van der Waals surface area contributed by atoms with Crippen LogP contribution < -0.4 is 20.4 Å². The van der Waals surface area contributed by atoms with Crippen molar-refractivity contribution in [3.05, 3.63) is 12.4 Å². The second-order valence-corrected chi connectivity index (χ2v) is 5.81. The highest BCUT2D eigenvalue weighted by Gasteiger charge is 2.22. The maximum Gasteiger partial charge on any atom is 0.315 e. The lowest BCUT2D eigenvalue weighted by atomic mass is 10.1. The molecule has 8 nitrogen and oxygen atoms in total. The van der Waals surface area contributed by atoms with Gasteiger partial charge in [0.2, 0.25) is 0 Å². The van der Waals surface area contributed by atoms with Gasteiger partial charge in [-0.1, -0.05) is 0 Å². The molecular weight excluding hydrogens is 296 g/mol. The number of piperidine rings is 1. The van der Waals surface area contributed by atoms with E-state index in [1.165, 1.54) is 0 Å². The molecule has 2 heterocycles. The summed E-state index contributed by atoms with van der Waals surface area (Å²) in [6.07, 6.45) is 3.57. The summed E-state index contributed by atoms with van der Waals surface area (Å²) in [6.45, 7) is 2.71. The van der Waals surface area contributed by atoms with Crippen LogP contribution in [-0.2, 0) is 4.74 Å². The molecule has 1 aliphatic rings. The average molecular weight is 322 g/mol. The molecule has 1 aromatic rings. The third-order valence-corrected chi connectivity index (χ3v) is 3.77. The van der Waals surface area contributed by atoms with Crippen molar-refractivity contribution < 1.29 is 9.53 Å². The van der Waals surface area contributed by atoms with E-state index in [-0.39, 0.29) is 12.1 Å². The Bertz CT molecular complexity index is 510. The van der Waals surface area contributed by atoms with Gasteiger partial charge in [-0.15, -0.1) is 0 Å². The van der Waals surface area contributed by atoms with Crippen LogP contribution >= 0.6 is 0 Å². The van der Waals surface area contributed by atoms with Crippen LogP contribution in [0.2, 0.25) is 0 Å². The first kappa shape index (κ1) is 17.3. The molecule has 2 N–H and O–H groups in total. The SMILES string of the molecule is COCCNC(=O)N[C@H]1CCCN(c2cc(N(C)C)ncn2)C1. The van der Waals surface area contributed by atoms with Crippen LogP contribution in [0.1, 0.15) is 12.8 Å². The van der Waals surface area contributed by atoms with E-state index >= 15 is 0 Å². The van der Waals surface area contributed by atoms with Gasteiger partial charge in [-0.25, -0.2) is 14.8 Å². The zero-order chi connectivity index (χ0) is 16.7.